The molecule has 2 unspecified atom stereocenters. The molecular formula is C16H27NO2. The Hall–Kier alpha value is -1.06. The Morgan fingerprint density at radius 3 is 2.63 bits per heavy atom. The molecular weight excluding hydrogens is 238 g/mol. The minimum absolute atomic E-state index is 0.0327. The lowest BCUT2D eigenvalue weighted by Gasteiger charge is -2.28. The lowest BCUT2D eigenvalue weighted by molar-refractivity contribution is 0.132. The van der Waals surface area contributed by atoms with E-state index in [0.29, 0.717) is 6.04 Å². The van der Waals surface area contributed by atoms with Gasteiger partial charge in [-0.15, -0.1) is 0 Å². The molecule has 19 heavy (non-hydrogen) atoms. The molecule has 0 fully saturated rings. The number of methoxy groups -OCH3 is 1. The normalized spacial score (nSPS) is 15.8. The first-order chi connectivity index (χ1) is 9.04. The largest absolute Gasteiger partial charge is 0.496 e. The van der Waals surface area contributed by atoms with Crippen LogP contribution in [0.2, 0.25) is 0 Å². The summed E-state index contributed by atoms with van der Waals surface area (Å²) in [4.78, 5) is 0. The molecule has 3 heteroatoms. The summed E-state index contributed by atoms with van der Waals surface area (Å²) in [7, 11) is 1.71. The Morgan fingerprint density at radius 1 is 1.37 bits per heavy atom. The molecule has 3 nitrogen and oxygen atoms in total. The Labute approximate surface area is 117 Å². The summed E-state index contributed by atoms with van der Waals surface area (Å²) >= 11 is 0. The highest BCUT2D eigenvalue weighted by molar-refractivity contribution is 5.33. The van der Waals surface area contributed by atoms with E-state index in [-0.39, 0.29) is 12.0 Å². The number of rotatable bonds is 8. The van der Waals surface area contributed by atoms with Crippen LogP contribution in [-0.4, -0.2) is 31.4 Å². The molecule has 108 valence electrons. The molecule has 1 aromatic carbocycles. The van der Waals surface area contributed by atoms with Crippen LogP contribution in [0.5, 0.6) is 5.75 Å². The first kappa shape index (κ1) is 16.0. The van der Waals surface area contributed by atoms with Gasteiger partial charge in [-0.3, -0.25) is 0 Å². The van der Waals surface area contributed by atoms with Gasteiger partial charge in [0.05, 0.1) is 7.11 Å². The molecule has 0 aliphatic heterocycles. The second-order valence-corrected chi connectivity index (χ2v) is 5.62. The quantitative estimate of drug-likeness (QED) is 0.759. The highest BCUT2D eigenvalue weighted by Gasteiger charge is 2.21. The fourth-order valence-electron chi connectivity index (χ4n) is 1.99. The third-order valence-corrected chi connectivity index (χ3v) is 3.83. The maximum Gasteiger partial charge on any atom is 0.122 e. The van der Waals surface area contributed by atoms with Crippen LogP contribution in [0.4, 0.5) is 0 Å². The zero-order chi connectivity index (χ0) is 14.3. The lowest BCUT2D eigenvalue weighted by atomic mass is 9.88. The van der Waals surface area contributed by atoms with Crippen molar-refractivity contribution in [1.82, 2.24) is 5.32 Å². The van der Waals surface area contributed by atoms with E-state index in [1.165, 1.54) is 5.56 Å². The second kappa shape index (κ2) is 7.51. The van der Waals surface area contributed by atoms with Crippen molar-refractivity contribution in [1.29, 1.82) is 0 Å². The summed E-state index contributed by atoms with van der Waals surface area (Å²) in [5, 5.41) is 12.9. The van der Waals surface area contributed by atoms with Gasteiger partial charge in [0.25, 0.3) is 0 Å². The average molecular weight is 265 g/mol. The SMILES string of the molecule is CCC(C)(CO)CNC(C)Cc1ccccc1OC. The van der Waals surface area contributed by atoms with Crippen LogP contribution in [0, 0.1) is 5.41 Å². The van der Waals surface area contributed by atoms with Crippen LogP contribution < -0.4 is 10.1 Å². The van der Waals surface area contributed by atoms with E-state index in [0.717, 1.165) is 25.1 Å². The first-order valence-electron chi connectivity index (χ1n) is 7.01. The van der Waals surface area contributed by atoms with Gasteiger partial charge in [-0.25, -0.2) is 0 Å². The third kappa shape index (κ3) is 4.84. The monoisotopic (exact) mass is 265 g/mol. The predicted molar refractivity (Wildman–Crippen MR) is 79.6 cm³/mol. The zero-order valence-electron chi connectivity index (χ0n) is 12.6. The van der Waals surface area contributed by atoms with Crippen molar-refractivity contribution in [2.45, 2.75) is 39.7 Å². The van der Waals surface area contributed by atoms with Gasteiger partial charge in [0.2, 0.25) is 0 Å². The lowest BCUT2D eigenvalue weighted by Crippen LogP contribution is -2.39. The van der Waals surface area contributed by atoms with Crippen LogP contribution >= 0.6 is 0 Å². The van der Waals surface area contributed by atoms with Crippen LogP contribution in [-0.2, 0) is 6.42 Å². The summed E-state index contributed by atoms with van der Waals surface area (Å²) < 4.78 is 5.37. The van der Waals surface area contributed by atoms with E-state index in [2.05, 4.69) is 32.2 Å². The smallest absolute Gasteiger partial charge is 0.122 e. The van der Waals surface area contributed by atoms with Crippen molar-refractivity contribution >= 4 is 0 Å². The molecule has 1 rings (SSSR count). The van der Waals surface area contributed by atoms with Crippen LogP contribution in [0.1, 0.15) is 32.8 Å². The number of hydrogen-bond acceptors (Lipinski definition) is 3. The number of nitrogens with one attached hydrogen (secondary N) is 1. The van der Waals surface area contributed by atoms with Gasteiger partial charge < -0.3 is 15.2 Å². The van der Waals surface area contributed by atoms with E-state index < -0.39 is 0 Å². The van der Waals surface area contributed by atoms with Crippen molar-refractivity contribution in [3.8, 4) is 5.75 Å². The van der Waals surface area contributed by atoms with Crippen molar-refractivity contribution in [2.75, 3.05) is 20.3 Å². The highest BCUT2D eigenvalue weighted by Crippen LogP contribution is 2.21. The van der Waals surface area contributed by atoms with Gasteiger partial charge in [0.15, 0.2) is 0 Å². The molecule has 0 aliphatic carbocycles. The summed E-state index contributed by atoms with van der Waals surface area (Å²) in [6, 6.07) is 8.47. The third-order valence-electron chi connectivity index (χ3n) is 3.83. The summed E-state index contributed by atoms with van der Waals surface area (Å²) in [6.07, 6.45) is 1.90. The van der Waals surface area contributed by atoms with Gasteiger partial charge in [-0.05, 0) is 31.4 Å². The molecule has 2 N–H and O–H groups in total. The number of hydrogen-bond donors (Lipinski definition) is 2. The molecule has 0 spiro atoms. The van der Waals surface area contributed by atoms with Gasteiger partial charge in [0, 0.05) is 24.6 Å². The Balaban J connectivity index is 2.53. The van der Waals surface area contributed by atoms with Crippen LogP contribution in [0.25, 0.3) is 0 Å². The van der Waals surface area contributed by atoms with E-state index in [1.54, 1.807) is 7.11 Å². The standard InChI is InChI=1S/C16H27NO2/c1-5-16(3,12-18)11-17-13(2)10-14-8-6-7-9-15(14)19-4/h6-9,13,17-18H,5,10-12H2,1-4H3. The molecule has 0 radical (unpaired) electrons. The molecule has 0 heterocycles. The molecule has 0 aromatic heterocycles. The Bertz CT molecular complexity index is 375. The van der Waals surface area contributed by atoms with Gasteiger partial charge >= 0.3 is 0 Å². The summed E-state index contributed by atoms with van der Waals surface area (Å²) in [5.41, 5.74) is 1.18. The van der Waals surface area contributed by atoms with E-state index in [9.17, 15) is 5.11 Å². The Kier molecular flexibility index (Phi) is 6.32. The fraction of sp³-hybridized carbons (Fsp3) is 0.625. The van der Waals surface area contributed by atoms with Gasteiger partial charge in [-0.2, -0.15) is 0 Å². The molecule has 1 aromatic rings. The van der Waals surface area contributed by atoms with E-state index >= 15 is 0 Å². The molecule has 0 amide bonds. The number of aliphatic hydroxyl groups excluding tert-OH is 1. The topological polar surface area (TPSA) is 41.5 Å². The number of benzene rings is 1. The Morgan fingerprint density at radius 2 is 2.05 bits per heavy atom. The van der Waals surface area contributed by atoms with Crippen LogP contribution in [0.3, 0.4) is 0 Å². The minimum Gasteiger partial charge on any atom is -0.496 e. The molecule has 0 saturated carbocycles. The second-order valence-electron chi connectivity index (χ2n) is 5.62. The van der Waals surface area contributed by atoms with E-state index in [1.807, 2.05) is 18.2 Å². The van der Waals surface area contributed by atoms with Crippen molar-refractivity contribution < 1.29 is 9.84 Å². The molecule has 2 atom stereocenters. The molecule has 0 aliphatic rings. The number of aliphatic hydroxyl groups is 1. The van der Waals surface area contributed by atoms with Crippen molar-refractivity contribution in [3.05, 3.63) is 29.8 Å². The van der Waals surface area contributed by atoms with Crippen molar-refractivity contribution in [3.63, 3.8) is 0 Å². The highest BCUT2D eigenvalue weighted by atomic mass is 16.5. The minimum atomic E-state index is -0.0327. The molecule has 0 bridgehead atoms. The molecule has 0 saturated heterocycles. The van der Waals surface area contributed by atoms with Crippen molar-refractivity contribution in [2.24, 2.45) is 5.41 Å². The number of ether oxygens (including phenoxy) is 1. The van der Waals surface area contributed by atoms with E-state index in [4.69, 9.17) is 4.74 Å². The van der Waals surface area contributed by atoms with Gasteiger partial charge in [-0.1, -0.05) is 32.0 Å². The van der Waals surface area contributed by atoms with Gasteiger partial charge in [0.1, 0.15) is 5.75 Å². The fourth-order valence-corrected chi connectivity index (χ4v) is 1.99. The number of para-hydroxylation sites is 1. The maximum absolute atomic E-state index is 9.41. The van der Waals surface area contributed by atoms with Crippen LogP contribution in [0.15, 0.2) is 24.3 Å². The maximum atomic E-state index is 9.41. The summed E-state index contributed by atoms with van der Waals surface area (Å²) in [6.45, 7) is 7.44. The predicted octanol–water partition coefficient (Wildman–Crippen LogP) is 2.62. The average Bonchev–Trinajstić information content (AvgIpc) is 2.45. The summed E-state index contributed by atoms with van der Waals surface area (Å²) in [5.74, 6) is 0.941. The first-order valence-corrected chi connectivity index (χ1v) is 7.01. The zero-order valence-corrected chi connectivity index (χ0v) is 12.6.